The first-order valence-electron chi connectivity index (χ1n) is 5.79. The van der Waals surface area contributed by atoms with E-state index in [1.54, 1.807) is 14.0 Å². The molecule has 9 heteroatoms. The highest BCUT2D eigenvalue weighted by molar-refractivity contribution is 7.98. The average molecular weight is 319 g/mol. The average Bonchev–Trinajstić information content (AvgIpc) is 2.37. The molecule has 0 spiro atoms. The Kier molecular flexibility index (Phi) is 5.78. The zero-order valence-electron chi connectivity index (χ0n) is 11.4. The van der Waals surface area contributed by atoms with Gasteiger partial charge in [-0.05, 0) is 25.3 Å². The summed E-state index contributed by atoms with van der Waals surface area (Å²) in [7, 11) is -2.31. The van der Waals surface area contributed by atoms with Crippen LogP contribution in [0.5, 0.6) is 0 Å². The van der Waals surface area contributed by atoms with Crippen LogP contribution in [0.3, 0.4) is 0 Å². The van der Waals surface area contributed by atoms with Crippen molar-refractivity contribution in [3.63, 3.8) is 0 Å². The number of thioether (sulfide) groups is 1. The second-order valence-electron chi connectivity index (χ2n) is 4.17. The lowest BCUT2D eigenvalue weighted by Gasteiger charge is -2.13. The van der Waals surface area contributed by atoms with Gasteiger partial charge in [-0.25, -0.2) is 13.1 Å². The number of nitro benzene ring substituents is 1. The second kappa shape index (κ2) is 6.91. The van der Waals surface area contributed by atoms with E-state index in [2.05, 4.69) is 10.0 Å². The zero-order chi connectivity index (χ0) is 15.3. The molecule has 7 nitrogen and oxygen atoms in total. The van der Waals surface area contributed by atoms with Gasteiger partial charge in [0.25, 0.3) is 5.69 Å². The number of benzene rings is 1. The van der Waals surface area contributed by atoms with Gasteiger partial charge in [-0.1, -0.05) is 0 Å². The molecule has 0 aliphatic rings. The number of anilines is 1. The number of nitro groups is 1. The maximum atomic E-state index is 12.2. The first-order chi connectivity index (χ1) is 9.31. The molecule has 0 fully saturated rings. The predicted molar refractivity (Wildman–Crippen MR) is 80.8 cm³/mol. The van der Waals surface area contributed by atoms with Crippen LogP contribution in [0.15, 0.2) is 23.1 Å². The van der Waals surface area contributed by atoms with Gasteiger partial charge in [0.15, 0.2) is 4.90 Å². The number of nitrogens with one attached hydrogen (secondary N) is 2. The van der Waals surface area contributed by atoms with Gasteiger partial charge in [0, 0.05) is 30.6 Å². The van der Waals surface area contributed by atoms with E-state index >= 15 is 0 Å². The van der Waals surface area contributed by atoms with E-state index in [1.165, 1.54) is 30.0 Å². The van der Waals surface area contributed by atoms with Crippen molar-refractivity contribution in [1.82, 2.24) is 4.72 Å². The molecule has 0 saturated heterocycles. The molecule has 0 bridgehead atoms. The third kappa shape index (κ3) is 4.09. The second-order valence-corrected chi connectivity index (χ2v) is 6.76. The molecule has 0 heterocycles. The van der Waals surface area contributed by atoms with E-state index < -0.39 is 20.6 Å². The van der Waals surface area contributed by atoms with Gasteiger partial charge in [-0.3, -0.25) is 10.1 Å². The summed E-state index contributed by atoms with van der Waals surface area (Å²) in [4.78, 5) is 10.0. The Balaban J connectivity index is 3.20. The molecule has 1 aromatic rings. The maximum absolute atomic E-state index is 12.2. The van der Waals surface area contributed by atoms with Gasteiger partial charge in [-0.15, -0.1) is 0 Å². The third-order valence-electron chi connectivity index (χ3n) is 2.51. The summed E-state index contributed by atoms with van der Waals surface area (Å²) >= 11 is 1.49. The zero-order valence-corrected chi connectivity index (χ0v) is 13.0. The highest BCUT2D eigenvalue weighted by atomic mass is 32.2. The number of hydrogen-bond donors (Lipinski definition) is 2. The molecule has 0 saturated carbocycles. The van der Waals surface area contributed by atoms with Crippen LogP contribution in [-0.4, -0.2) is 38.4 Å². The van der Waals surface area contributed by atoms with Crippen LogP contribution in [0.2, 0.25) is 0 Å². The van der Waals surface area contributed by atoms with Crippen molar-refractivity contribution >= 4 is 33.2 Å². The molecular weight excluding hydrogens is 302 g/mol. The van der Waals surface area contributed by atoms with Gasteiger partial charge in [0.2, 0.25) is 10.0 Å². The Labute approximate surface area is 122 Å². The molecule has 0 aliphatic heterocycles. The quantitative estimate of drug-likeness (QED) is 0.585. The van der Waals surface area contributed by atoms with Gasteiger partial charge in [-0.2, -0.15) is 11.8 Å². The summed E-state index contributed by atoms with van der Waals surface area (Å²) < 4.78 is 26.8. The minimum atomic E-state index is -3.92. The van der Waals surface area contributed by atoms with Gasteiger partial charge in [0.1, 0.15) is 0 Å². The summed E-state index contributed by atoms with van der Waals surface area (Å²) in [6.45, 7) is 1.71. The van der Waals surface area contributed by atoms with Crippen molar-refractivity contribution in [2.75, 3.05) is 24.4 Å². The van der Waals surface area contributed by atoms with E-state index in [4.69, 9.17) is 0 Å². The molecular formula is C11H17N3O4S2. The topological polar surface area (TPSA) is 101 Å². The standard InChI is InChI=1S/C11H17N3O4S2/c1-8(7-19-3)13-20(17,18)11-5-4-9(12-2)6-10(11)14(15)16/h4-6,8,12-13H,7H2,1-3H3. The fourth-order valence-corrected chi connectivity index (χ4v) is 3.74. The largest absolute Gasteiger partial charge is 0.388 e. The van der Waals surface area contributed by atoms with E-state index in [1.807, 2.05) is 6.26 Å². The Bertz CT molecular complexity index is 589. The SMILES string of the molecule is CNc1ccc(S(=O)(=O)NC(C)CSC)c([N+](=O)[O-])c1. The minimum Gasteiger partial charge on any atom is -0.388 e. The summed E-state index contributed by atoms with van der Waals surface area (Å²) in [6.07, 6.45) is 1.86. The molecule has 112 valence electrons. The van der Waals surface area contributed by atoms with Crippen LogP contribution in [0.25, 0.3) is 0 Å². The number of nitrogens with zero attached hydrogens (tertiary/aromatic N) is 1. The number of sulfonamides is 1. The monoisotopic (exact) mass is 319 g/mol. The fraction of sp³-hybridized carbons (Fsp3) is 0.455. The van der Waals surface area contributed by atoms with Crippen LogP contribution < -0.4 is 10.0 Å². The molecule has 2 N–H and O–H groups in total. The molecule has 1 rings (SSSR count). The molecule has 1 aromatic carbocycles. The predicted octanol–water partition coefficient (Wildman–Crippen LogP) is 1.67. The molecule has 0 radical (unpaired) electrons. The van der Waals surface area contributed by atoms with Crippen molar-refractivity contribution in [3.05, 3.63) is 28.3 Å². The van der Waals surface area contributed by atoms with Gasteiger partial charge in [0.05, 0.1) is 4.92 Å². The van der Waals surface area contributed by atoms with Crippen LogP contribution in [0.4, 0.5) is 11.4 Å². The van der Waals surface area contributed by atoms with Crippen molar-refractivity contribution < 1.29 is 13.3 Å². The van der Waals surface area contributed by atoms with Crippen molar-refractivity contribution in [3.8, 4) is 0 Å². The highest BCUT2D eigenvalue weighted by Crippen LogP contribution is 2.27. The Hall–Kier alpha value is -1.32. The first kappa shape index (κ1) is 16.7. The normalized spacial score (nSPS) is 12.9. The Morgan fingerprint density at radius 2 is 2.10 bits per heavy atom. The Morgan fingerprint density at radius 3 is 2.60 bits per heavy atom. The van der Waals surface area contributed by atoms with Crippen molar-refractivity contribution in [2.24, 2.45) is 0 Å². The molecule has 0 aliphatic carbocycles. The lowest BCUT2D eigenvalue weighted by Crippen LogP contribution is -2.34. The van der Waals surface area contributed by atoms with Crippen LogP contribution in [0, 0.1) is 10.1 Å². The number of hydrogen-bond acceptors (Lipinski definition) is 6. The summed E-state index contributed by atoms with van der Waals surface area (Å²) in [6, 6.07) is 3.62. The highest BCUT2D eigenvalue weighted by Gasteiger charge is 2.27. The fourth-order valence-electron chi connectivity index (χ4n) is 1.66. The van der Waals surface area contributed by atoms with E-state index in [0.29, 0.717) is 11.4 Å². The number of rotatable bonds is 7. The van der Waals surface area contributed by atoms with E-state index in [-0.39, 0.29) is 10.9 Å². The minimum absolute atomic E-state index is 0.307. The molecule has 0 aromatic heterocycles. The lowest BCUT2D eigenvalue weighted by atomic mass is 10.3. The third-order valence-corrected chi connectivity index (χ3v) is 4.98. The molecule has 20 heavy (non-hydrogen) atoms. The summed E-state index contributed by atoms with van der Waals surface area (Å²) in [5, 5.41) is 13.8. The van der Waals surface area contributed by atoms with Gasteiger partial charge >= 0.3 is 0 Å². The lowest BCUT2D eigenvalue weighted by molar-refractivity contribution is -0.387. The Morgan fingerprint density at radius 1 is 1.45 bits per heavy atom. The van der Waals surface area contributed by atoms with E-state index in [0.717, 1.165) is 0 Å². The van der Waals surface area contributed by atoms with Crippen LogP contribution >= 0.6 is 11.8 Å². The molecule has 0 amide bonds. The van der Waals surface area contributed by atoms with Crippen LogP contribution in [-0.2, 0) is 10.0 Å². The van der Waals surface area contributed by atoms with Crippen molar-refractivity contribution in [1.29, 1.82) is 0 Å². The van der Waals surface area contributed by atoms with Gasteiger partial charge < -0.3 is 5.32 Å². The summed E-state index contributed by atoms with van der Waals surface area (Å²) in [5.41, 5.74) is 0.0357. The van der Waals surface area contributed by atoms with Crippen LogP contribution in [0.1, 0.15) is 6.92 Å². The van der Waals surface area contributed by atoms with Crippen molar-refractivity contribution in [2.45, 2.75) is 17.9 Å². The first-order valence-corrected chi connectivity index (χ1v) is 8.67. The maximum Gasteiger partial charge on any atom is 0.291 e. The molecule has 1 atom stereocenters. The smallest absolute Gasteiger partial charge is 0.291 e. The summed E-state index contributed by atoms with van der Waals surface area (Å²) in [5.74, 6) is 0.585. The van der Waals surface area contributed by atoms with E-state index in [9.17, 15) is 18.5 Å². The molecule has 1 unspecified atom stereocenters.